The maximum Gasteiger partial charge on any atom is 0.318 e. The van der Waals surface area contributed by atoms with Gasteiger partial charge in [-0.25, -0.2) is 14.8 Å². The van der Waals surface area contributed by atoms with Crippen LogP contribution in [0.15, 0.2) is 23.0 Å². The van der Waals surface area contributed by atoms with Crippen LogP contribution in [-0.2, 0) is 13.1 Å². The Bertz CT molecular complexity index is 1080. The number of amides is 2. The number of urea groups is 1. The molecule has 0 unspecified atom stereocenters. The number of aryl methyl sites for hydroxylation is 2. The smallest absolute Gasteiger partial charge is 0.318 e. The van der Waals surface area contributed by atoms with Crippen LogP contribution >= 0.6 is 0 Å². The van der Waals surface area contributed by atoms with Gasteiger partial charge in [-0.3, -0.25) is 4.79 Å². The molecule has 27 heavy (non-hydrogen) atoms. The fourth-order valence-corrected chi connectivity index (χ4v) is 3.45. The van der Waals surface area contributed by atoms with Crippen LogP contribution in [0.5, 0.6) is 0 Å². The first kappa shape index (κ1) is 17.3. The lowest BCUT2D eigenvalue weighted by atomic mass is 10.2. The number of carbonyl (C=O) groups is 1. The van der Waals surface area contributed by atoms with E-state index in [0.29, 0.717) is 30.0 Å². The second kappa shape index (κ2) is 6.53. The molecule has 1 aliphatic heterocycles. The van der Waals surface area contributed by atoms with Gasteiger partial charge in [0.15, 0.2) is 0 Å². The Morgan fingerprint density at radius 1 is 1.26 bits per heavy atom. The van der Waals surface area contributed by atoms with Crippen molar-refractivity contribution < 1.29 is 4.79 Å². The van der Waals surface area contributed by atoms with E-state index < -0.39 is 0 Å². The molecule has 0 saturated carbocycles. The van der Waals surface area contributed by atoms with Crippen LogP contribution in [-0.4, -0.2) is 30.9 Å². The number of nitrogens with one attached hydrogen (secondary N) is 3. The molecule has 2 amide bonds. The van der Waals surface area contributed by atoms with Gasteiger partial charge < -0.3 is 20.2 Å². The van der Waals surface area contributed by atoms with Gasteiger partial charge in [-0.15, -0.1) is 0 Å². The second-order valence-electron chi connectivity index (χ2n) is 6.99. The number of carbonyl (C=O) groups excluding carboxylic acids is 1. The number of aromatic amines is 2. The van der Waals surface area contributed by atoms with Crippen LogP contribution in [0, 0.1) is 13.8 Å². The van der Waals surface area contributed by atoms with Gasteiger partial charge in [0.2, 0.25) is 0 Å². The third-order valence-corrected chi connectivity index (χ3v) is 4.89. The molecule has 0 saturated heterocycles. The molecule has 140 valence electrons. The maximum absolute atomic E-state index is 12.8. The largest absolute Gasteiger partial charge is 0.340 e. The number of nitrogens with zero attached hydrogens (tertiary/aromatic N) is 3. The molecule has 2 aromatic heterocycles. The number of benzene rings is 1. The van der Waals surface area contributed by atoms with Crippen molar-refractivity contribution >= 4 is 17.1 Å². The van der Waals surface area contributed by atoms with E-state index in [4.69, 9.17) is 0 Å². The van der Waals surface area contributed by atoms with E-state index in [2.05, 4.69) is 25.3 Å². The predicted octanol–water partition coefficient (Wildman–Crippen LogP) is 2.44. The van der Waals surface area contributed by atoms with E-state index in [1.54, 1.807) is 11.8 Å². The molecule has 1 atom stereocenters. The van der Waals surface area contributed by atoms with Crippen LogP contribution in [0.1, 0.15) is 47.9 Å². The summed E-state index contributed by atoms with van der Waals surface area (Å²) in [5.41, 5.74) is 4.03. The molecule has 0 fully saturated rings. The zero-order valence-corrected chi connectivity index (χ0v) is 15.6. The predicted molar refractivity (Wildman–Crippen MR) is 101 cm³/mol. The fourth-order valence-electron chi connectivity index (χ4n) is 3.45. The van der Waals surface area contributed by atoms with Crippen molar-refractivity contribution in [3.05, 3.63) is 57.0 Å². The number of hydrogen-bond acceptors (Lipinski definition) is 4. The van der Waals surface area contributed by atoms with E-state index in [0.717, 1.165) is 22.4 Å². The minimum absolute atomic E-state index is 0.174. The first-order valence-electron chi connectivity index (χ1n) is 9.05. The summed E-state index contributed by atoms with van der Waals surface area (Å²) in [6, 6.07) is 5.56. The van der Waals surface area contributed by atoms with Crippen molar-refractivity contribution in [3.63, 3.8) is 0 Å². The number of imidazole rings is 1. The number of hydrogen-bond donors (Lipinski definition) is 3. The summed E-state index contributed by atoms with van der Waals surface area (Å²) < 4.78 is 0. The van der Waals surface area contributed by atoms with Crippen LogP contribution in [0.4, 0.5) is 4.79 Å². The molecule has 1 aromatic carbocycles. The van der Waals surface area contributed by atoms with E-state index in [1.165, 1.54) is 0 Å². The highest BCUT2D eigenvalue weighted by Gasteiger charge is 2.29. The Morgan fingerprint density at radius 3 is 2.85 bits per heavy atom. The normalized spacial score (nSPS) is 14.4. The molecule has 3 heterocycles. The number of fused-ring (bicyclic) bond motifs is 2. The SMILES string of the molecule is CC[C@H](NC(=O)N1Cc2nc(C)[nH]c(=O)c2C1)c1nc2ccc(C)cc2[nH]1. The summed E-state index contributed by atoms with van der Waals surface area (Å²) in [5.74, 6) is 1.29. The van der Waals surface area contributed by atoms with Crippen molar-refractivity contribution in [2.45, 2.75) is 46.3 Å². The zero-order chi connectivity index (χ0) is 19.1. The highest BCUT2D eigenvalue weighted by atomic mass is 16.2. The van der Waals surface area contributed by atoms with Gasteiger partial charge in [-0.2, -0.15) is 0 Å². The molecule has 8 nitrogen and oxygen atoms in total. The van der Waals surface area contributed by atoms with Gasteiger partial charge in [0.1, 0.15) is 11.6 Å². The lowest BCUT2D eigenvalue weighted by Gasteiger charge is -2.20. The Hall–Kier alpha value is -3.16. The van der Waals surface area contributed by atoms with Gasteiger partial charge in [-0.05, 0) is 38.0 Å². The van der Waals surface area contributed by atoms with Crippen molar-refractivity contribution in [1.82, 2.24) is 30.2 Å². The lowest BCUT2D eigenvalue weighted by Crippen LogP contribution is -2.39. The Balaban J connectivity index is 1.52. The molecule has 0 bridgehead atoms. The first-order valence-corrected chi connectivity index (χ1v) is 9.05. The number of rotatable bonds is 3. The molecule has 3 aromatic rings. The molecule has 0 spiro atoms. The highest BCUT2D eigenvalue weighted by Crippen LogP contribution is 2.22. The molecule has 4 rings (SSSR count). The van der Waals surface area contributed by atoms with Gasteiger partial charge in [0.05, 0.1) is 41.4 Å². The Morgan fingerprint density at radius 2 is 2.07 bits per heavy atom. The van der Waals surface area contributed by atoms with E-state index >= 15 is 0 Å². The summed E-state index contributed by atoms with van der Waals surface area (Å²) in [6.07, 6.45) is 0.698. The first-order chi connectivity index (χ1) is 12.9. The van der Waals surface area contributed by atoms with Crippen LogP contribution in [0.25, 0.3) is 11.0 Å². The summed E-state index contributed by atoms with van der Waals surface area (Å²) in [4.78, 5) is 41.4. The minimum Gasteiger partial charge on any atom is -0.340 e. The van der Waals surface area contributed by atoms with Crippen molar-refractivity contribution in [3.8, 4) is 0 Å². The van der Waals surface area contributed by atoms with E-state index in [9.17, 15) is 9.59 Å². The zero-order valence-electron chi connectivity index (χ0n) is 15.6. The summed E-state index contributed by atoms with van der Waals surface area (Å²) in [7, 11) is 0. The fraction of sp³-hybridized carbons (Fsp3) is 0.368. The molecular weight excluding hydrogens is 344 g/mol. The molecule has 0 radical (unpaired) electrons. The van der Waals surface area contributed by atoms with Gasteiger partial charge in [0, 0.05) is 0 Å². The maximum atomic E-state index is 12.8. The molecule has 3 N–H and O–H groups in total. The van der Waals surface area contributed by atoms with Crippen LogP contribution in [0.3, 0.4) is 0 Å². The quantitative estimate of drug-likeness (QED) is 0.662. The average molecular weight is 366 g/mol. The number of aromatic nitrogens is 4. The van der Waals surface area contributed by atoms with Crippen molar-refractivity contribution in [1.29, 1.82) is 0 Å². The van der Waals surface area contributed by atoms with E-state index in [1.807, 2.05) is 32.0 Å². The number of H-pyrrole nitrogens is 2. The third kappa shape index (κ3) is 3.18. The van der Waals surface area contributed by atoms with Gasteiger partial charge in [0.25, 0.3) is 5.56 Å². The average Bonchev–Trinajstić information content (AvgIpc) is 3.23. The monoisotopic (exact) mass is 366 g/mol. The van der Waals surface area contributed by atoms with E-state index in [-0.39, 0.29) is 24.2 Å². The second-order valence-corrected chi connectivity index (χ2v) is 6.99. The standard InChI is InChI=1S/C19H22N6O2/c1-4-13(17-22-14-6-5-10(2)7-15(14)23-17)24-19(27)25-8-12-16(9-25)20-11(3)21-18(12)26/h5-7,13H,4,8-9H2,1-3H3,(H,22,23)(H,24,27)(H,20,21,26)/t13-/m0/s1. The molecule has 8 heteroatoms. The Kier molecular flexibility index (Phi) is 4.18. The summed E-state index contributed by atoms with van der Waals surface area (Å²) >= 11 is 0. The van der Waals surface area contributed by atoms with Gasteiger partial charge >= 0.3 is 6.03 Å². The minimum atomic E-state index is -0.234. The lowest BCUT2D eigenvalue weighted by molar-refractivity contribution is 0.193. The third-order valence-electron chi connectivity index (χ3n) is 4.89. The molecule has 0 aliphatic carbocycles. The summed E-state index contributed by atoms with van der Waals surface area (Å²) in [6.45, 7) is 6.36. The van der Waals surface area contributed by atoms with Crippen molar-refractivity contribution in [2.75, 3.05) is 0 Å². The Labute approximate surface area is 156 Å². The van der Waals surface area contributed by atoms with Crippen molar-refractivity contribution in [2.24, 2.45) is 0 Å². The molecule has 1 aliphatic rings. The highest BCUT2D eigenvalue weighted by molar-refractivity contribution is 5.77. The molecular formula is C19H22N6O2. The van der Waals surface area contributed by atoms with Gasteiger partial charge in [-0.1, -0.05) is 13.0 Å². The summed E-state index contributed by atoms with van der Waals surface area (Å²) in [5, 5.41) is 3.02. The topological polar surface area (TPSA) is 107 Å². The van der Waals surface area contributed by atoms with Crippen LogP contribution in [0.2, 0.25) is 0 Å². The van der Waals surface area contributed by atoms with Crippen LogP contribution < -0.4 is 10.9 Å².